The van der Waals surface area contributed by atoms with Crippen molar-refractivity contribution in [2.75, 3.05) is 31.2 Å². The number of benzene rings is 1. The second-order valence-electron chi connectivity index (χ2n) is 7.00. The highest BCUT2D eigenvalue weighted by Gasteiger charge is 2.42. The van der Waals surface area contributed by atoms with Gasteiger partial charge in [0.25, 0.3) is 5.69 Å². The van der Waals surface area contributed by atoms with Gasteiger partial charge in [0.2, 0.25) is 5.95 Å². The molecule has 4 rings (SSSR count). The molecule has 1 spiro atoms. The molecule has 2 aliphatic heterocycles. The number of ether oxygens (including phenoxy) is 2. The zero-order valence-corrected chi connectivity index (χ0v) is 14.6. The van der Waals surface area contributed by atoms with Crippen molar-refractivity contribution in [1.29, 1.82) is 0 Å². The average molecular weight is 356 g/mol. The number of hydrogen-bond acceptors (Lipinski definition) is 7. The van der Waals surface area contributed by atoms with E-state index in [0.29, 0.717) is 23.0 Å². The van der Waals surface area contributed by atoms with E-state index in [1.807, 2.05) is 0 Å². The molecule has 0 radical (unpaired) electrons. The van der Waals surface area contributed by atoms with E-state index in [1.54, 1.807) is 25.4 Å². The molecule has 2 saturated heterocycles. The molecule has 0 saturated carbocycles. The minimum Gasteiger partial charge on any atom is -0.454 e. The SMILES string of the molecule is Cc1cc([N+](=O)[O-])ccc1Oc1cnc(N2CCC3(CCOC3)C2)nc1. The van der Waals surface area contributed by atoms with Gasteiger partial charge in [0.15, 0.2) is 5.75 Å². The van der Waals surface area contributed by atoms with Gasteiger partial charge in [-0.2, -0.15) is 0 Å². The van der Waals surface area contributed by atoms with Gasteiger partial charge in [-0.05, 0) is 31.4 Å². The number of non-ortho nitro benzene ring substituents is 1. The van der Waals surface area contributed by atoms with E-state index in [1.165, 1.54) is 12.1 Å². The van der Waals surface area contributed by atoms with E-state index in [0.717, 1.165) is 39.1 Å². The van der Waals surface area contributed by atoms with Gasteiger partial charge in [0.05, 0.1) is 23.9 Å². The highest BCUT2D eigenvalue weighted by atomic mass is 16.6. The second kappa shape index (κ2) is 6.53. The van der Waals surface area contributed by atoms with Crippen LogP contribution in [-0.4, -0.2) is 41.2 Å². The van der Waals surface area contributed by atoms with Crippen LogP contribution in [0.3, 0.4) is 0 Å². The van der Waals surface area contributed by atoms with Gasteiger partial charge >= 0.3 is 0 Å². The van der Waals surface area contributed by atoms with Crippen LogP contribution in [-0.2, 0) is 4.74 Å². The molecule has 26 heavy (non-hydrogen) atoms. The number of nitro groups is 1. The molecule has 0 bridgehead atoms. The summed E-state index contributed by atoms with van der Waals surface area (Å²) in [7, 11) is 0. The number of hydrogen-bond donors (Lipinski definition) is 0. The first kappa shape index (κ1) is 16.7. The largest absolute Gasteiger partial charge is 0.454 e. The molecule has 2 aliphatic rings. The van der Waals surface area contributed by atoms with Gasteiger partial charge in [0, 0.05) is 37.2 Å². The van der Waals surface area contributed by atoms with Crippen molar-refractivity contribution in [2.24, 2.45) is 5.41 Å². The third kappa shape index (κ3) is 3.20. The summed E-state index contributed by atoms with van der Waals surface area (Å²) in [6.45, 7) is 5.30. The number of anilines is 1. The Morgan fingerprint density at radius 3 is 2.77 bits per heavy atom. The Morgan fingerprint density at radius 1 is 1.31 bits per heavy atom. The molecule has 1 atom stereocenters. The van der Waals surface area contributed by atoms with Crippen LogP contribution in [0.2, 0.25) is 0 Å². The number of aromatic nitrogens is 2. The zero-order valence-electron chi connectivity index (χ0n) is 14.6. The molecule has 1 aromatic heterocycles. The molecule has 8 nitrogen and oxygen atoms in total. The number of rotatable bonds is 4. The predicted octanol–water partition coefficient (Wildman–Crippen LogP) is 3.10. The molecule has 8 heteroatoms. The van der Waals surface area contributed by atoms with Crippen molar-refractivity contribution in [2.45, 2.75) is 19.8 Å². The first-order valence-corrected chi connectivity index (χ1v) is 8.62. The molecule has 1 aromatic carbocycles. The van der Waals surface area contributed by atoms with Crippen molar-refractivity contribution in [3.63, 3.8) is 0 Å². The van der Waals surface area contributed by atoms with Crippen LogP contribution < -0.4 is 9.64 Å². The van der Waals surface area contributed by atoms with E-state index in [-0.39, 0.29) is 11.1 Å². The minimum atomic E-state index is -0.424. The predicted molar refractivity (Wildman–Crippen MR) is 94.6 cm³/mol. The number of aryl methyl sites for hydroxylation is 1. The summed E-state index contributed by atoms with van der Waals surface area (Å²) in [6.07, 6.45) is 5.49. The Kier molecular flexibility index (Phi) is 4.20. The standard InChI is InChI=1S/C18H20N4O4/c1-13-8-14(22(23)24)2-3-16(13)26-15-9-19-17(20-10-15)21-6-4-18(11-21)5-7-25-12-18/h2-3,8-10H,4-7,11-12H2,1H3. The monoisotopic (exact) mass is 356 g/mol. The van der Waals surface area contributed by atoms with Gasteiger partial charge in [0.1, 0.15) is 5.75 Å². The maximum absolute atomic E-state index is 10.8. The Hall–Kier alpha value is -2.74. The van der Waals surface area contributed by atoms with Crippen LogP contribution in [0, 0.1) is 22.5 Å². The summed E-state index contributed by atoms with van der Waals surface area (Å²) in [4.78, 5) is 21.4. The number of nitro benzene ring substituents is 1. The van der Waals surface area contributed by atoms with E-state index >= 15 is 0 Å². The highest BCUT2D eigenvalue weighted by molar-refractivity contribution is 5.45. The average Bonchev–Trinajstić information content (AvgIpc) is 3.27. The molecule has 3 heterocycles. The Labute approximate surface area is 150 Å². The lowest BCUT2D eigenvalue weighted by atomic mass is 9.87. The molecular weight excluding hydrogens is 336 g/mol. The van der Waals surface area contributed by atoms with Crippen molar-refractivity contribution in [3.8, 4) is 11.5 Å². The van der Waals surface area contributed by atoms with E-state index < -0.39 is 4.92 Å². The summed E-state index contributed by atoms with van der Waals surface area (Å²) < 4.78 is 11.3. The topological polar surface area (TPSA) is 90.6 Å². The van der Waals surface area contributed by atoms with Crippen LogP contribution in [0.15, 0.2) is 30.6 Å². The zero-order chi connectivity index (χ0) is 18.1. The third-order valence-corrected chi connectivity index (χ3v) is 5.12. The minimum absolute atomic E-state index is 0.0419. The Bertz CT molecular complexity index is 818. The third-order valence-electron chi connectivity index (χ3n) is 5.12. The number of nitrogens with zero attached hydrogens (tertiary/aromatic N) is 4. The van der Waals surface area contributed by atoms with E-state index in [9.17, 15) is 10.1 Å². The second-order valence-corrected chi connectivity index (χ2v) is 7.00. The van der Waals surface area contributed by atoms with Gasteiger partial charge in [-0.3, -0.25) is 10.1 Å². The van der Waals surface area contributed by atoms with Gasteiger partial charge in [-0.25, -0.2) is 9.97 Å². The molecule has 2 aromatic rings. The molecule has 136 valence electrons. The maximum atomic E-state index is 10.8. The first-order valence-electron chi connectivity index (χ1n) is 8.62. The summed E-state index contributed by atoms with van der Waals surface area (Å²) >= 11 is 0. The molecule has 0 amide bonds. The first-order chi connectivity index (χ1) is 12.5. The molecule has 0 aliphatic carbocycles. The lowest BCUT2D eigenvalue weighted by molar-refractivity contribution is -0.384. The van der Waals surface area contributed by atoms with Gasteiger partial charge < -0.3 is 14.4 Å². The van der Waals surface area contributed by atoms with Crippen LogP contribution in [0.5, 0.6) is 11.5 Å². The van der Waals surface area contributed by atoms with Crippen molar-refractivity contribution < 1.29 is 14.4 Å². The van der Waals surface area contributed by atoms with Crippen molar-refractivity contribution in [3.05, 3.63) is 46.3 Å². The fourth-order valence-corrected chi connectivity index (χ4v) is 3.59. The van der Waals surface area contributed by atoms with Crippen LogP contribution in [0.25, 0.3) is 0 Å². The summed E-state index contributed by atoms with van der Waals surface area (Å²) in [5.41, 5.74) is 0.986. The molecule has 2 fully saturated rings. The van der Waals surface area contributed by atoms with Crippen LogP contribution in [0.4, 0.5) is 11.6 Å². The fourth-order valence-electron chi connectivity index (χ4n) is 3.59. The van der Waals surface area contributed by atoms with Crippen molar-refractivity contribution >= 4 is 11.6 Å². The van der Waals surface area contributed by atoms with Gasteiger partial charge in [-0.15, -0.1) is 0 Å². The van der Waals surface area contributed by atoms with E-state index in [4.69, 9.17) is 9.47 Å². The van der Waals surface area contributed by atoms with E-state index in [2.05, 4.69) is 14.9 Å². The maximum Gasteiger partial charge on any atom is 0.269 e. The summed E-state index contributed by atoms with van der Waals surface area (Å²) in [5, 5.41) is 10.8. The molecule has 1 unspecified atom stereocenters. The van der Waals surface area contributed by atoms with Gasteiger partial charge in [-0.1, -0.05) is 0 Å². The fraction of sp³-hybridized carbons (Fsp3) is 0.444. The normalized spacial score (nSPS) is 22.1. The molecular formula is C18H20N4O4. The summed E-state index contributed by atoms with van der Waals surface area (Å²) in [5.74, 6) is 1.75. The Balaban J connectivity index is 1.44. The highest BCUT2D eigenvalue weighted by Crippen LogP contribution is 2.39. The lowest BCUT2D eigenvalue weighted by Gasteiger charge is -2.21. The summed E-state index contributed by atoms with van der Waals surface area (Å²) in [6, 6.07) is 4.49. The van der Waals surface area contributed by atoms with Crippen LogP contribution in [0.1, 0.15) is 18.4 Å². The Morgan fingerprint density at radius 2 is 2.12 bits per heavy atom. The molecule has 0 N–H and O–H groups in total. The lowest BCUT2D eigenvalue weighted by Crippen LogP contribution is -2.28. The van der Waals surface area contributed by atoms with Crippen molar-refractivity contribution in [1.82, 2.24) is 9.97 Å². The van der Waals surface area contributed by atoms with Crippen LogP contribution >= 0.6 is 0 Å². The quantitative estimate of drug-likeness (QED) is 0.614. The smallest absolute Gasteiger partial charge is 0.269 e.